The summed E-state index contributed by atoms with van der Waals surface area (Å²) in [5.74, 6) is -0.823. The van der Waals surface area contributed by atoms with Crippen LogP contribution in [-0.2, 0) is 0 Å². The molecular formula is C15H16N2O4. The van der Waals surface area contributed by atoms with Gasteiger partial charge in [-0.25, -0.2) is 5.43 Å². The largest absolute Gasteiger partial charge is 0.504 e. The van der Waals surface area contributed by atoms with Crippen molar-refractivity contribution in [3.63, 3.8) is 0 Å². The fraction of sp³-hybridized carbons (Fsp3) is 0.333. The number of fused-ring (bicyclic) bond motifs is 2. The van der Waals surface area contributed by atoms with Gasteiger partial charge in [0.15, 0.2) is 17.2 Å². The highest BCUT2D eigenvalue weighted by molar-refractivity contribution is 5.95. The van der Waals surface area contributed by atoms with Crippen LogP contribution in [0.1, 0.15) is 23.2 Å². The van der Waals surface area contributed by atoms with E-state index in [0.717, 1.165) is 25.0 Å². The second kappa shape index (κ2) is 5.12. The highest BCUT2D eigenvalue weighted by Crippen LogP contribution is 2.42. The number of nitrogens with zero attached hydrogens (tertiary/aromatic N) is 1. The van der Waals surface area contributed by atoms with E-state index in [9.17, 15) is 20.1 Å². The topological polar surface area (TPSA) is 102 Å². The summed E-state index contributed by atoms with van der Waals surface area (Å²) in [6, 6.07) is 2.14. The highest BCUT2D eigenvalue weighted by atomic mass is 16.3. The maximum atomic E-state index is 11.9. The van der Waals surface area contributed by atoms with E-state index in [2.05, 4.69) is 22.7 Å². The van der Waals surface area contributed by atoms with Gasteiger partial charge in [0, 0.05) is 17.7 Å². The summed E-state index contributed by atoms with van der Waals surface area (Å²) in [7, 11) is 0. The van der Waals surface area contributed by atoms with Gasteiger partial charge < -0.3 is 15.3 Å². The Morgan fingerprint density at radius 1 is 1.19 bits per heavy atom. The summed E-state index contributed by atoms with van der Waals surface area (Å²) < 4.78 is 0. The zero-order chi connectivity index (χ0) is 15.0. The number of allylic oxidation sites excluding steroid dienone is 2. The van der Waals surface area contributed by atoms with Crippen LogP contribution in [0.25, 0.3) is 0 Å². The normalized spacial score (nSPS) is 26.6. The van der Waals surface area contributed by atoms with Gasteiger partial charge in [-0.1, -0.05) is 12.2 Å². The summed E-state index contributed by atoms with van der Waals surface area (Å²) in [4.78, 5) is 11.9. The molecule has 1 aromatic carbocycles. The average Bonchev–Trinajstić information content (AvgIpc) is 3.06. The minimum absolute atomic E-state index is 0.0211. The number of hydrogen-bond acceptors (Lipinski definition) is 5. The molecule has 1 aromatic rings. The van der Waals surface area contributed by atoms with E-state index in [0.29, 0.717) is 17.8 Å². The van der Waals surface area contributed by atoms with Crippen LogP contribution in [0.4, 0.5) is 0 Å². The smallest absolute Gasteiger partial charge is 0.271 e. The molecule has 3 unspecified atom stereocenters. The van der Waals surface area contributed by atoms with Crippen LogP contribution in [-0.4, -0.2) is 27.4 Å². The van der Waals surface area contributed by atoms with Gasteiger partial charge in [-0.3, -0.25) is 4.79 Å². The van der Waals surface area contributed by atoms with Gasteiger partial charge in [0.2, 0.25) is 0 Å². The van der Waals surface area contributed by atoms with E-state index >= 15 is 0 Å². The van der Waals surface area contributed by atoms with Crippen LogP contribution in [0.3, 0.4) is 0 Å². The quantitative estimate of drug-likeness (QED) is 0.294. The number of rotatable bonds is 3. The second-order valence-electron chi connectivity index (χ2n) is 5.53. The molecule has 21 heavy (non-hydrogen) atoms. The number of carbonyl (C=O) groups is 1. The van der Waals surface area contributed by atoms with E-state index in [1.807, 2.05) is 0 Å². The third-order valence-electron chi connectivity index (χ3n) is 4.09. The van der Waals surface area contributed by atoms with Crippen LogP contribution in [0.15, 0.2) is 29.4 Å². The summed E-state index contributed by atoms with van der Waals surface area (Å²) in [6.07, 6.45) is 8.39. The van der Waals surface area contributed by atoms with E-state index in [-0.39, 0.29) is 5.56 Å². The molecule has 3 rings (SSSR count). The number of hydrogen-bond donors (Lipinski definition) is 4. The van der Waals surface area contributed by atoms with Crippen molar-refractivity contribution in [2.75, 3.05) is 0 Å². The third-order valence-corrected chi connectivity index (χ3v) is 4.09. The molecule has 3 atom stereocenters. The molecule has 6 nitrogen and oxygen atoms in total. The van der Waals surface area contributed by atoms with Gasteiger partial charge in [0.1, 0.15) is 0 Å². The molecular weight excluding hydrogens is 272 g/mol. The van der Waals surface area contributed by atoms with Gasteiger partial charge >= 0.3 is 0 Å². The first-order chi connectivity index (χ1) is 10.0. The monoisotopic (exact) mass is 288 g/mol. The number of phenols is 3. The molecule has 2 aliphatic carbocycles. The standard InChI is InChI=1S/C15H16N2O4/c18-12-5-10(6-13(19)14(12)20)15(21)17-16-7-11-4-8-1-2-9(11)3-8/h1-2,5-9,11,18-20H,3-4H2,(H,17,21). The van der Waals surface area contributed by atoms with E-state index in [1.165, 1.54) is 0 Å². The predicted molar refractivity (Wildman–Crippen MR) is 76.2 cm³/mol. The van der Waals surface area contributed by atoms with Gasteiger partial charge in [0.05, 0.1) is 0 Å². The number of nitrogens with one attached hydrogen (secondary N) is 1. The van der Waals surface area contributed by atoms with Crippen molar-refractivity contribution in [1.29, 1.82) is 0 Å². The van der Waals surface area contributed by atoms with E-state index in [1.54, 1.807) is 6.21 Å². The lowest BCUT2D eigenvalue weighted by molar-refractivity contribution is 0.0954. The molecule has 110 valence electrons. The minimum atomic E-state index is -0.649. The zero-order valence-electron chi connectivity index (χ0n) is 11.2. The molecule has 4 N–H and O–H groups in total. The molecule has 0 saturated heterocycles. The second-order valence-corrected chi connectivity index (χ2v) is 5.53. The number of phenolic OH excluding ortho intramolecular Hbond substituents is 3. The first-order valence-electron chi connectivity index (χ1n) is 6.81. The minimum Gasteiger partial charge on any atom is -0.504 e. The molecule has 0 radical (unpaired) electrons. The van der Waals surface area contributed by atoms with Crippen molar-refractivity contribution in [2.24, 2.45) is 22.9 Å². The zero-order valence-corrected chi connectivity index (χ0v) is 11.2. The predicted octanol–water partition coefficient (Wildman–Crippen LogP) is 1.73. The van der Waals surface area contributed by atoms with E-state index in [4.69, 9.17) is 0 Å². The van der Waals surface area contributed by atoms with Crippen molar-refractivity contribution >= 4 is 12.1 Å². The van der Waals surface area contributed by atoms with Crippen molar-refractivity contribution in [2.45, 2.75) is 12.8 Å². The summed E-state index contributed by atoms with van der Waals surface area (Å²) in [5.41, 5.74) is 2.38. The Hall–Kier alpha value is -2.50. The molecule has 6 heteroatoms. The van der Waals surface area contributed by atoms with Crippen LogP contribution in [0.2, 0.25) is 0 Å². The van der Waals surface area contributed by atoms with Crippen molar-refractivity contribution < 1.29 is 20.1 Å². The van der Waals surface area contributed by atoms with Crippen molar-refractivity contribution in [1.82, 2.24) is 5.43 Å². The van der Waals surface area contributed by atoms with Crippen molar-refractivity contribution in [3.8, 4) is 17.2 Å². The Kier molecular flexibility index (Phi) is 3.29. The SMILES string of the molecule is O=C(NN=CC1CC2C=CC1C2)c1cc(O)c(O)c(O)c1. The number of hydrazone groups is 1. The molecule has 0 aliphatic heterocycles. The first-order valence-corrected chi connectivity index (χ1v) is 6.81. The van der Waals surface area contributed by atoms with Gasteiger partial charge in [-0.15, -0.1) is 0 Å². The molecule has 1 fully saturated rings. The number of amides is 1. The average molecular weight is 288 g/mol. The first kappa shape index (κ1) is 13.5. The van der Waals surface area contributed by atoms with Gasteiger partial charge in [-0.05, 0) is 36.8 Å². The Labute approximate surface area is 121 Å². The van der Waals surface area contributed by atoms with Crippen LogP contribution in [0.5, 0.6) is 17.2 Å². The van der Waals surface area contributed by atoms with Gasteiger partial charge in [-0.2, -0.15) is 5.10 Å². The third kappa shape index (κ3) is 2.56. The van der Waals surface area contributed by atoms with Gasteiger partial charge in [0.25, 0.3) is 5.91 Å². The molecule has 2 aliphatic rings. The number of benzene rings is 1. The lowest BCUT2D eigenvalue weighted by Crippen LogP contribution is -2.19. The lowest BCUT2D eigenvalue weighted by Gasteiger charge is -2.12. The van der Waals surface area contributed by atoms with Crippen LogP contribution < -0.4 is 5.43 Å². The fourth-order valence-corrected chi connectivity index (χ4v) is 2.99. The Morgan fingerprint density at radius 3 is 2.48 bits per heavy atom. The molecule has 2 bridgehead atoms. The maximum Gasteiger partial charge on any atom is 0.271 e. The molecule has 1 amide bonds. The molecule has 0 spiro atoms. The molecule has 0 aromatic heterocycles. The summed E-state index contributed by atoms with van der Waals surface area (Å²) in [5, 5.41) is 31.9. The number of carbonyl (C=O) groups excluding carboxylic acids is 1. The summed E-state index contributed by atoms with van der Waals surface area (Å²) >= 11 is 0. The molecule has 0 heterocycles. The lowest BCUT2D eigenvalue weighted by atomic mass is 9.95. The maximum absolute atomic E-state index is 11.9. The Bertz CT molecular complexity index is 616. The van der Waals surface area contributed by atoms with Crippen molar-refractivity contribution in [3.05, 3.63) is 29.8 Å². The fourth-order valence-electron chi connectivity index (χ4n) is 2.99. The highest BCUT2D eigenvalue weighted by Gasteiger charge is 2.34. The number of aromatic hydroxyl groups is 3. The van der Waals surface area contributed by atoms with E-state index < -0.39 is 23.2 Å². The molecule has 1 saturated carbocycles. The van der Waals surface area contributed by atoms with Crippen LogP contribution in [0, 0.1) is 17.8 Å². The summed E-state index contributed by atoms with van der Waals surface area (Å²) in [6.45, 7) is 0. The Balaban J connectivity index is 1.63. The van der Waals surface area contributed by atoms with Crippen LogP contribution >= 0.6 is 0 Å². The Morgan fingerprint density at radius 2 is 1.90 bits per heavy atom.